The fourth-order valence-corrected chi connectivity index (χ4v) is 3.03. The molecule has 2 unspecified atom stereocenters. The molecule has 2 N–H and O–H groups in total. The van der Waals surface area contributed by atoms with E-state index in [1.165, 1.54) is 36.1 Å². The van der Waals surface area contributed by atoms with Crippen molar-refractivity contribution in [3.63, 3.8) is 0 Å². The molecular weight excluding hydrogens is 260 g/mol. The maximum Gasteiger partial charge on any atom is 0.0749 e. The quantitative estimate of drug-likeness (QED) is 0.874. The highest BCUT2D eigenvalue weighted by Gasteiger charge is 2.18. The lowest BCUT2D eigenvalue weighted by atomic mass is 9.99. The summed E-state index contributed by atoms with van der Waals surface area (Å²) in [6.45, 7) is 6.19. The largest absolute Gasteiger partial charge is 0.376 e. The Bertz CT molecular complexity index is 441. The average Bonchev–Trinajstić information content (AvgIpc) is 2.48. The van der Waals surface area contributed by atoms with Crippen molar-refractivity contribution in [1.82, 2.24) is 0 Å². The lowest BCUT2D eigenvalue weighted by Crippen LogP contribution is -2.34. The van der Waals surface area contributed by atoms with Crippen molar-refractivity contribution in [3.05, 3.63) is 29.3 Å². The Kier molecular flexibility index (Phi) is 6.07. The fraction of sp³-hybridized carbons (Fsp3) is 0.667. The molecule has 0 radical (unpaired) electrons. The molecule has 3 nitrogen and oxygen atoms in total. The molecule has 21 heavy (non-hydrogen) atoms. The summed E-state index contributed by atoms with van der Waals surface area (Å²) in [6, 6.07) is 6.94. The molecule has 1 saturated heterocycles. The molecule has 1 fully saturated rings. The second-order valence-corrected chi connectivity index (χ2v) is 6.37. The lowest BCUT2D eigenvalue weighted by molar-refractivity contribution is 0.0216. The Hall–Kier alpha value is -1.06. The van der Waals surface area contributed by atoms with Gasteiger partial charge in [0.25, 0.3) is 0 Å². The molecule has 0 spiro atoms. The van der Waals surface area contributed by atoms with Crippen molar-refractivity contribution in [3.8, 4) is 0 Å². The summed E-state index contributed by atoms with van der Waals surface area (Å²) in [4.78, 5) is 2.34. The van der Waals surface area contributed by atoms with Gasteiger partial charge in [-0.15, -0.1) is 0 Å². The summed E-state index contributed by atoms with van der Waals surface area (Å²) in [5, 5.41) is 0. The summed E-state index contributed by atoms with van der Waals surface area (Å²) in [7, 11) is 2.17. The molecular formula is C18H30N2O. The number of aryl methyl sites for hydroxylation is 1. The van der Waals surface area contributed by atoms with Crippen molar-refractivity contribution in [2.75, 3.05) is 25.1 Å². The topological polar surface area (TPSA) is 38.5 Å². The predicted octanol–water partition coefficient (Wildman–Crippen LogP) is 3.28. The minimum absolute atomic E-state index is 0.241. The van der Waals surface area contributed by atoms with E-state index >= 15 is 0 Å². The number of ether oxygens (including phenoxy) is 1. The minimum Gasteiger partial charge on any atom is -0.376 e. The number of anilines is 1. The van der Waals surface area contributed by atoms with Gasteiger partial charge in [-0.25, -0.2) is 0 Å². The van der Waals surface area contributed by atoms with E-state index < -0.39 is 0 Å². The zero-order valence-corrected chi connectivity index (χ0v) is 13.8. The Morgan fingerprint density at radius 3 is 2.86 bits per heavy atom. The van der Waals surface area contributed by atoms with Crippen molar-refractivity contribution in [2.45, 2.75) is 58.1 Å². The Morgan fingerprint density at radius 2 is 2.19 bits per heavy atom. The Labute approximate surface area is 129 Å². The Balaban J connectivity index is 2.09. The van der Waals surface area contributed by atoms with Crippen LogP contribution in [0.15, 0.2) is 18.2 Å². The van der Waals surface area contributed by atoms with Crippen LogP contribution in [-0.4, -0.2) is 32.3 Å². The first-order chi connectivity index (χ1) is 10.1. The van der Waals surface area contributed by atoms with Crippen LogP contribution in [0.25, 0.3) is 0 Å². The van der Waals surface area contributed by atoms with E-state index in [1.54, 1.807) is 0 Å². The van der Waals surface area contributed by atoms with Gasteiger partial charge in [0.15, 0.2) is 0 Å². The van der Waals surface area contributed by atoms with E-state index in [-0.39, 0.29) is 6.04 Å². The van der Waals surface area contributed by atoms with Crippen LogP contribution in [0, 0.1) is 6.92 Å². The van der Waals surface area contributed by atoms with E-state index in [0.29, 0.717) is 6.10 Å². The van der Waals surface area contributed by atoms with E-state index in [9.17, 15) is 0 Å². The fourth-order valence-electron chi connectivity index (χ4n) is 3.03. The molecule has 2 rings (SSSR count). The molecule has 1 aromatic carbocycles. The number of benzene rings is 1. The van der Waals surface area contributed by atoms with Gasteiger partial charge in [-0.3, -0.25) is 0 Å². The average molecular weight is 290 g/mol. The molecule has 2 atom stereocenters. The van der Waals surface area contributed by atoms with Gasteiger partial charge in [-0.05, 0) is 50.7 Å². The second-order valence-electron chi connectivity index (χ2n) is 6.37. The van der Waals surface area contributed by atoms with Crippen LogP contribution >= 0.6 is 0 Å². The summed E-state index contributed by atoms with van der Waals surface area (Å²) in [6.07, 6.45) is 6.02. The monoisotopic (exact) mass is 290 g/mol. The van der Waals surface area contributed by atoms with Crippen molar-refractivity contribution < 1.29 is 4.74 Å². The third-order valence-corrected chi connectivity index (χ3v) is 4.40. The van der Waals surface area contributed by atoms with Crippen molar-refractivity contribution >= 4 is 5.69 Å². The van der Waals surface area contributed by atoms with E-state index in [4.69, 9.17) is 10.5 Å². The maximum absolute atomic E-state index is 6.17. The summed E-state index contributed by atoms with van der Waals surface area (Å²) >= 11 is 0. The maximum atomic E-state index is 6.17. The number of likely N-dealkylation sites (N-methyl/N-ethyl adjacent to an activating group) is 1. The van der Waals surface area contributed by atoms with E-state index in [2.05, 4.69) is 44.0 Å². The SMILES string of the molecule is CCC(N)Cc1cc(C)ccc1N(C)CC1CCCCO1. The normalized spacial score (nSPS) is 20.3. The van der Waals surface area contributed by atoms with Crippen molar-refractivity contribution in [1.29, 1.82) is 0 Å². The highest BCUT2D eigenvalue weighted by atomic mass is 16.5. The molecule has 118 valence electrons. The zero-order valence-electron chi connectivity index (χ0n) is 13.8. The number of rotatable bonds is 6. The summed E-state index contributed by atoms with van der Waals surface area (Å²) in [5.41, 5.74) is 10.1. The molecule has 0 aliphatic carbocycles. The molecule has 1 heterocycles. The molecule has 0 amide bonds. The molecule has 1 aromatic rings. The van der Waals surface area contributed by atoms with Crippen LogP contribution in [-0.2, 0) is 11.2 Å². The number of nitrogens with two attached hydrogens (primary N) is 1. The zero-order chi connectivity index (χ0) is 15.2. The molecule has 0 aromatic heterocycles. The van der Waals surface area contributed by atoms with Gasteiger partial charge in [0.2, 0.25) is 0 Å². The molecule has 1 aliphatic rings. The predicted molar refractivity (Wildman–Crippen MR) is 90.0 cm³/mol. The van der Waals surface area contributed by atoms with Gasteiger partial charge < -0.3 is 15.4 Å². The van der Waals surface area contributed by atoms with E-state index in [0.717, 1.165) is 26.0 Å². The highest BCUT2D eigenvalue weighted by molar-refractivity contribution is 5.55. The number of hydrogen-bond donors (Lipinski definition) is 1. The van der Waals surface area contributed by atoms with Gasteiger partial charge in [-0.1, -0.05) is 24.6 Å². The summed E-state index contributed by atoms with van der Waals surface area (Å²) < 4.78 is 5.87. The van der Waals surface area contributed by atoms with Gasteiger partial charge in [-0.2, -0.15) is 0 Å². The molecule has 0 bridgehead atoms. The van der Waals surface area contributed by atoms with Crippen LogP contribution in [0.3, 0.4) is 0 Å². The number of hydrogen-bond acceptors (Lipinski definition) is 3. The number of nitrogens with zero attached hydrogens (tertiary/aromatic N) is 1. The van der Waals surface area contributed by atoms with Gasteiger partial charge in [0.1, 0.15) is 0 Å². The second kappa shape index (κ2) is 7.81. The summed E-state index contributed by atoms with van der Waals surface area (Å²) in [5.74, 6) is 0. The van der Waals surface area contributed by atoms with Crippen LogP contribution in [0.5, 0.6) is 0 Å². The molecule has 0 saturated carbocycles. The lowest BCUT2D eigenvalue weighted by Gasteiger charge is -2.30. The third-order valence-electron chi connectivity index (χ3n) is 4.40. The first-order valence-electron chi connectivity index (χ1n) is 8.28. The molecule has 1 aliphatic heterocycles. The van der Waals surface area contributed by atoms with Crippen LogP contribution in [0.2, 0.25) is 0 Å². The van der Waals surface area contributed by atoms with Crippen LogP contribution in [0.4, 0.5) is 5.69 Å². The van der Waals surface area contributed by atoms with Gasteiger partial charge in [0.05, 0.1) is 6.10 Å². The van der Waals surface area contributed by atoms with Gasteiger partial charge >= 0.3 is 0 Å². The first-order valence-corrected chi connectivity index (χ1v) is 8.28. The first kappa shape index (κ1) is 16.3. The molecule has 3 heteroatoms. The van der Waals surface area contributed by atoms with Crippen molar-refractivity contribution in [2.24, 2.45) is 5.73 Å². The third kappa shape index (κ3) is 4.72. The Morgan fingerprint density at radius 1 is 1.38 bits per heavy atom. The smallest absolute Gasteiger partial charge is 0.0749 e. The standard InChI is InChI=1S/C18H30N2O/c1-4-16(19)12-15-11-14(2)8-9-18(15)20(3)13-17-7-5-6-10-21-17/h8-9,11,16-17H,4-7,10,12-13,19H2,1-3H3. The van der Waals surface area contributed by atoms with Crippen LogP contribution < -0.4 is 10.6 Å². The highest BCUT2D eigenvalue weighted by Crippen LogP contribution is 2.24. The van der Waals surface area contributed by atoms with Crippen LogP contribution in [0.1, 0.15) is 43.7 Å². The minimum atomic E-state index is 0.241. The van der Waals surface area contributed by atoms with E-state index in [1.807, 2.05) is 0 Å². The van der Waals surface area contributed by atoms with Gasteiger partial charge in [0, 0.05) is 31.9 Å².